The van der Waals surface area contributed by atoms with Gasteiger partial charge in [0.1, 0.15) is 6.04 Å². The van der Waals surface area contributed by atoms with Gasteiger partial charge in [0.05, 0.1) is 12.1 Å². The first-order chi connectivity index (χ1) is 16.6. The Morgan fingerprint density at radius 3 is 2.50 bits per heavy atom. The first-order valence-corrected chi connectivity index (χ1v) is 12.5. The number of benzene rings is 2. The summed E-state index contributed by atoms with van der Waals surface area (Å²) in [7, 11) is 0. The summed E-state index contributed by atoms with van der Waals surface area (Å²) in [6.07, 6.45) is 3.85. The van der Waals surface area contributed by atoms with E-state index in [1.807, 2.05) is 47.8 Å². The third-order valence-corrected chi connectivity index (χ3v) is 6.92. The maximum atomic E-state index is 13.0. The molecule has 2 heterocycles. The highest BCUT2D eigenvalue weighted by molar-refractivity contribution is 7.14. The number of likely N-dealkylation sites (tertiary alicyclic amines) is 1. The summed E-state index contributed by atoms with van der Waals surface area (Å²) in [4.78, 5) is 44.2. The van der Waals surface area contributed by atoms with Crippen molar-refractivity contribution in [1.29, 1.82) is 0 Å². The van der Waals surface area contributed by atoms with Crippen molar-refractivity contribution in [1.82, 2.24) is 15.2 Å². The zero-order valence-electron chi connectivity index (χ0n) is 18.7. The van der Waals surface area contributed by atoms with Crippen LogP contribution in [0.25, 0.3) is 11.3 Å². The van der Waals surface area contributed by atoms with Gasteiger partial charge in [0.25, 0.3) is 5.91 Å². The summed E-state index contributed by atoms with van der Waals surface area (Å²) in [6, 6.07) is 16.7. The van der Waals surface area contributed by atoms with Crippen molar-refractivity contribution in [3.05, 3.63) is 71.1 Å². The Balaban J connectivity index is 1.20. The molecule has 1 unspecified atom stereocenters. The van der Waals surface area contributed by atoms with Crippen molar-refractivity contribution in [2.45, 2.75) is 44.2 Å². The molecule has 0 bridgehead atoms. The summed E-state index contributed by atoms with van der Waals surface area (Å²) in [5.41, 5.74) is 3.18. The largest absolute Gasteiger partial charge is 0.349 e. The highest BCUT2D eigenvalue weighted by atomic mass is 32.1. The molecule has 2 N–H and O–H groups in total. The number of nitrogens with zero attached hydrogens (tertiary/aromatic N) is 2. The monoisotopic (exact) mass is 474 g/mol. The van der Waals surface area contributed by atoms with Crippen molar-refractivity contribution in [2.24, 2.45) is 0 Å². The van der Waals surface area contributed by atoms with E-state index in [9.17, 15) is 14.4 Å². The Kier molecular flexibility index (Phi) is 6.40. The molecule has 1 atom stereocenters. The predicted molar refractivity (Wildman–Crippen MR) is 132 cm³/mol. The lowest BCUT2D eigenvalue weighted by Crippen LogP contribution is -2.43. The van der Waals surface area contributed by atoms with Gasteiger partial charge < -0.3 is 15.5 Å². The van der Waals surface area contributed by atoms with Crippen LogP contribution in [0.2, 0.25) is 0 Å². The van der Waals surface area contributed by atoms with Crippen LogP contribution < -0.4 is 10.6 Å². The minimum absolute atomic E-state index is 0.0329. The second-order valence-electron chi connectivity index (χ2n) is 8.76. The van der Waals surface area contributed by atoms with E-state index in [0.29, 0.717) is 36.1 Å². The van der Waals surface area contributed by atoms with E-state index in [2.05, 4.69) is 15.6 Å². The molecular formula is C26H26N4O3S. The quantitative estimate of drug-likeness (QED) is 0.544. The van der Waals surface area contributed by atoms with Crippen molar-refractivity contribution >= 4 is 34.2 Å². The average Bonchev–Trinajstić information content (AvgIpc) is 3.32. The molecule has 3 aromatic rings. The molecule has 1 saturated carbocycles. The minimum Gasteiger partial charge on any atom is -0.349 e. The SMILES string of the molecule is O=C(NC1CC1)c1ccc(-c2csc(NC(=O)C3CCCN3C(=O)Cc3ccccc3)n2)cc1. The molecule has 8 heteroatoms. The fraction of sp³-hybridized carbons (Fsp3) is 0.308. The van der Waals surface area contributed by atoms with Gasteiger partial charge in [-0.1, -0.05) is 42.5 Å². The van der Waals surface area contributed by atoms with E-state index in [-0.39, 0.29) is 17.7 Å². The third-order valence-electron chi connectivity index (χ3n) is 6.16. The fourth-order valence-corrected chi connectivity index (χ4v) is 4.87. The smallest absolute Gasteiger partial charge is 0.251 e. The van der Waals surface area contributed by atoms with E-state index >= 15 is 0 Å². The number of carbonyl (C=O) groups is 3. The Bertz CT molecular complexity index is 1190. The molecule has 1 aliphatic carbocycles. The molecule has 1 aliphatic heterocycles. The van der Waals surface area contributed by atoms with Gasteiger partial charge in [0.15, 0.2) is 5.13 Å². The Labute approximate surface area is 202 Å². The number of carbonyl (C=O) groups excluding carboxylic acids is 3. The standard InChI is InChI=1S/C26H26N4O3S/c31-23(15-17-5-2-1-3-6-17)30-14-4-7-22(30)25(33)29-26-28-21(16-34-26)18-8-10-19(11-9-18)24(32)27-20-12-13-20/h1-3,5-6,8-11,16,20,22H,4,7,12-15H2,(H,27,32)(H,28,29,33). The minimum atomic E-state index is -0.479. The lowest BCUT2D eigenvalue weighted by Gasteiger charge is -2.23. The van der Waals surface area contributed by atoms with Gasteiger partial charge in [-0.3, -0.25) is 14.4 Å². The number of hydrogen-bond donors (Lipinski definition) is 2. The molecular weight excluding hydrogens is 448 g/mol. The lowest BCUT2D eigenvalue weighted by molar-refractivity contribution is -0.136. The number of rotatable bonds is 7. The van der Waals surface area contributed by atoms with Gasteiger partial charge in [-0.15, -0.1) is 11.3 Å². The Morgan fingerprint density at radius 1 is 1.00 bits per heavy atom. The second-order valence-corrected chi connectivity index (χ2v) is 9.62. The zero-order chi connectivity index (χ0) is 23.5. The summed E-state index contributed by atoms with van der Waals surface area (Å²) < 4.78 is 0. The van der Waals surface area contributed by atoms with Crippen LogP contribution in [0, 0.1) is 0 Å². The van der Waals surface area contributed by atoms with Crippen molar-refractivity contribution in [2.75, 3.05) is 11.9 Å². The van der Waals surface area contributed by atoms with Gasteiger partial charge >= 0.3 is 0 Å². The van der Waals surface area contributed by atoms with Crippen molar-refractivity contribution in [3.63, 3.8) is 0 Å². The maximum absolute atomic E-state index is 13.0. The molecule has 1 saturated heterocycles. The Hall–Kier alpha value is -3.52. The van der Waals surface area contributed by atoms with Gasteiger partial charge in [-0.25, -0.2) is 4.98 Å². The highest BCUT2D eigenvalue weighted by Crippen LogP contribution is 2.27. The Morgan fingerprint density at radius 2 is 1.76 bits per heavy atom. The molecule has 0 spiro atoms. The number of aromatic nitrogens is 1. The van der Waals surface area contributed by atoms with E-state index in [1.54, 1.807) is 17.0 Å². The summed E-state index contributed by atoms with van der Waals surface area (Å²) in [5, 5.41) is 8.24. The topological polar surface area (TPSA) is 91.4 Å². The van der Waals surface area contributed by atoms with E-state index in [0.717, 1.165) is 36.1 Å². The van der Waals surface area contributed by atoms with Crippen LogP contribution in [0.1, 0.15) is 41.6 Å². The van der Waals surface area contributed by atoms with E-state index in [1.165, 1.54) is 11.3 Å². The van der Waals surface area contributed by atoms with Crippen LogP contribution in [-0.2, 0) is 16.0 Å². The van der Waals surface area contributed by atoms with E-state index < -0.39 is 6.04 Å². The van der Waals surface area contributed by atoms with Crippen LogP contribution in [0.4, 0.5) is 5.13 Å². The number of anilines is 1. The molecule has 7 nitrogen and oxygen atoms in total. The predicted octanol–water partition coefficient (Wildman–Crippen LogP) is 3.87. The van der Waals surface area contributed by atoms with Crippen LogP contribution in [0.3, 0.4) is 0 Å². The van der Waals surface area contributed by atoms with Crippen molar-refractivity contribution < 1.29 is 14.4 Å². The number of nitrogens with one attached hydrogen (secondary N) is 2. The molecule has 1 aromatic heterocycles. The molecule has 3 amide bonds. The van der Waals surface area contributed by atoms with Gasteiger partial charge in [-0.2, -0.15) is 0 Å². The summed E-state index contributed by atoms with van der Waals surface area (Å²) in [5.74, 6) is -0.287. The molecule has 2 aromatic carbocycles. The molecule has 0 radical (unpaired) electrons. The maximum Gasteiger partial charge on any atom is 0.251 e. The molecule has 2 fully saturated rings. The van der Waals surface area contributed by atoms with E-state index in [4.69, 9.17) is 0 Å². The normalized spacial score (nSPS) is 17.4. The summed E-state index contributed by atoms with van der Waals surface area (Å²) >= 11 is 1.35. The zero-order valence-corrected chi connectivity index (χ0v) is 19.5. The van der Waals surface area contributed by atoms with Crippen LogP contribution in [-0.4, -0.2) is 46.2 Å². The lowest BCUT2D eigenvalue weighted by atomic mass is 10.1. The molecule has 34 heavy (non-hydrogen) atoms. The van der Waals surface area contributed by atoms with Gasteiger partial charge in [0.2, 0.25) is 11.8 Å². The third kappa shape index (κ3) is 5.17. The van der Waals surface area contributed by atoms with Gasteiger partial charge in [-0.05, 0) is 43.4 Å². The molecule has 5 rings (SSSR count). The fourth-order valence-electron chi connectivity index (χ4n) is 4.15. The van der Waals surface area contributed by atoms with Gasteiger partial charge in [0, 0.05) is 29.1 Å². The average molecular weight is 475 g/mol. The number of hydrogen-bond acceptors (Lipinski definition) is 5. The second kappa shape index (κ2) is 9.77. The van der Waals surface area contributed by atoms with Crippen LogP contribution in [0.15, 0.2) is 60.0 Å². The van der Waals surface area contributed by atoms with Crippen molar-refractivity contribution in [3.8, 4) is 11.3 Å². The van der Waals surface area contributed by atoms with Crippen LogP contribution >= 0.6 is 11.3 Å². The number of amides is 3. The molecule has 2 aliphatic rings. The highest BCUT2D eigenvalue weighted by Gasteiger charge is 2.34. The first-order valence-electron chi connectivity index (χ1n) is 11.6. The summed E-state index contributed by atoms with van der Waals surface area (Å²) in [6.45, 7) is 0.591. The van der Waals surface area contributed by atoms with Crippen LogP contribution in [0.5, 0.6) is 0 Å². The number of thiazole rings is 1. The first kappa shape index (κ1) is 22.3. The molecule has 174 valence electrons.